The molecular weight excluding hydrogens is 282 g/mol. The lowest BCUT2D eigenvalue weighted by Gasteiger charge is -2.11. The lowest BCUT2D eigenvalue weighted by Crippen LogP contribution is -2.33. The van der Waals surface area contributed by atoms with E-state index in [1.165, 1.54) is 0 Å². The summed E-state index contributed by atoms with van der Waals surface area (Å²) in [6, 6.07) is 11.2. The standard InChI is InChI=1S/C16H17N3O3/c20-15(17-12-7-6-11(8-12)16(21)22)14-9-13(18-19-14)10-4-2-1-3-5-10/h1-5,9,11-12H,6-8H2,(H,17,20)(H,18,19)(H,21,22)/t11-,12+/m1/s1. The number of nitrogens with zero attached hydrogens (tertiary/aromatic N) is 1. The minimum atomic E-state index is -0.787. The molecule has 1 fully saturated rings. The van der Waals surface area contributed by atoms with Gasteiger partial charge in [0.2, 0.25) is 0 Å². The Kier molecular flexibility index (Phi) is 3.91. The molecule has 2 atom stereocenters. The molecule has 114 valence electrons. The Morgan fingerprint density at radius 2 is 2.00 bits per heavy atom. The molecule has 1 aromatic carbocycles. The number of benzene rings is 1. The molecule has 1 amide bonds. The van der Waals surface area contributed by atoms with Gasteiger partial charge in [-0.05, 0) is 25.3 Å². The number of carboxylic acids is 1. The molecule has 0 bridgehead atoms. The van der Waals surface area contributed by atoms with Crippen LogP contribution in [0.15, 0.2) is 36.4 Å². The number of aromatic nitrogens is 2. The summed E-state index contributed by atoms with van der Waals surface area (Å²) in [7, 11) is 0. The Morgan fingerprint density at radius 1 is 1.23 bits per heavy atom. The second-order valence-electron chi connectivity index (χ2n) is 5.55. The minimum absolute atomic E-state index is 0.0860. The van der Waals surface area contributed by atoms with Crippen molar-refractivity contribution in [2.45, 2.75) is 25.3 Å². The molecule has 6 heteroatoms. The van der Waals surface area contributed by atoms with Crippen LogP contribution in [0.2, 0.25) is 0 Å². The molecule has 1 aromatic heterocycles. The third-order valence-corrected chi connectivity index (χ3v) is 4.01. The van der Waals surface area contributed by atoms with E-state index in [0.717, 1.165) is 5.56 Å². The molecule has 0 radical (unpaired) electrons. The quantitative estimate of drug-likeness (QED) is 0.805. The Hall–Kier alpha value is -2.63. The second kappa shape index (κ2) is 6.01. The van der Waals surface area contributed by atoms with E-state index in [2.05, 4.69) is 15.5 Å². The van der Waals surface area contributed by atoms with Crippen LogP contribution in [0.3, 0.4) is 0 Å². The van der Waals surface area contributed by atoms with E-state index in [1.54, 1.807) is 6.07 Å². The first-order valence-electron chi connectivity index (χ1n) is 7.28. The lowest BCUT2D eigenvalue weighted by molar-refractivity contribution is -0.141. The number of rotatable bonds is 4. The molecule has 6 nitrogen and oxygen atoms in total. The number of aromatic amines is 1. The van der Waals surface area contributed by atoms with Crippen molar-refractivity contribution in [1.29, 1.82) is 0 Å². The molecule has 1 heterocycles. The number of aliphatic carboxylic acids is 1. The molecule has 22 heavy (non-hydrogen) atoms. The molecule has 0 spiro atoms. The highest BCUT2D eigenvalue weighted by Gasteiger charge is 2.30. The lowest BCUT2D eigenvalue weighted by atomic mass is 10.1. The van der Waals surface area contributed by atoms with Crippen molar-refractivity contribution in [3.63, 3.8) is 0 Å². The van der Waals surface area contributed by atoms with E-state index >= 15 is 0 Å². The van der Waals surface area contributed by atoms with E-state index in [1.807, 2.05) is 30.3 Å². The maximum atomic E-state index is 12.2. The van der Waals surface area contributed by atoms with Gasteiger partial charge in [-0.3, -0.25) is 14.7 Å². The molecule has 0 saturated heterocycles. The zero-order chi connectivity index (χ0) is 15.5. The van der Waals surface area contributed by atoms with E-state index < -0.39 is 5.97 Å². The van der Waals surface area contributed by atoms with Crippen molar-refractivity contribution in [2.75, 3.05) is 0 Å². The highest BCUT2D eigenvalue weighted by Crippen LogP contribution is 2.26. The molecule has 3 rings (SSSR count). The molecular formula is C16H17N3O3. The predicted octanol–water partition coefficient (Wildman–Crippen LogP) is 2.06. The first kappa shape index (κ1) is 14.3. The van der Waals surface area contributed by atoms with Gasteiger partial charge >= 0.3 is 5.97 Å². The van der Waals surface area contributed by atoms with Crippen molar-refractivity contribution >= 4 is 11.9 Å². The Bertz CT molecular complexity index is 681. The first-order chi connectivity index (χ1) is 10.6. The fourth-order valence-corrected chi connectivity index (χ4v) is 2.79. The fourth-order valence-electron chi connectivity index (χ4n) is 2.79. The number of hydrogen-bond acceptors (Lipinski definition) is 3. The van der Waals surface area contributed by atoms with Gasteiger partial charge in [-0.1, -0.05) is 30.3 Å². The molecule has 0 aliphatic heterocycles. The largest absolute Gasteiger partial charge is 0.481 e. The Balaban J connectivity index is 1.64. The van der Waals surface area contributed by atoms with Crippen LogP contribution in [0.1, 0.15) is 29.8 Å². The molecule has 1 aliphatic rings. The Labute approximate surface area is 127 Å². The number of carbonyl (C=O) groups is 2. The van der Waals surface area contributed by atoms with Crippen LogP contribution in [0.5, 0.6) is 0 Å². The normalized spacial score (nSPS) is 20.7. The number of hydrogen-bond donors (Lipinski definition) is 3. The summed E-state index contributed by atoms with van der Waals surface area (Å²) in [4.78, 5) is 23.1. The van der Waals surface area contributed by atoms with Crippen LogP contribution in [0.25, 0.3) is 11.3 Å². The summed E-state index contributed by atoms with van der Waals surface area (Å²) < 4.78 is 0. The fraction of sp³-hybridized carbons (Fsp3) is 0.312. The summed E-state index contributed by atoms with van der Waals surface area (Å²) in [5.74, 6) is -1.39. The van der Waals surface area contributed by atoms with Crippen LogP contribution in [0.4, 0.5) is 0 Å². The van der Waals surface area contributed by atoms with Crippen LogP contribution in [0, 0.1) is 5.92 Å². The van der Waals surface area contributed by atoms with Gasteiger partial charge in [0, 0.05) is 11.6 Å². The van der Waals surface area contributed by atoms with Gasteiger partial charge in [0.15, 0.2) is 0 Å². The van der Waals surface area contributed by atoms with Crippen LogP contribution in [-0.2, 0) is 4.79 Å². The van der Waals surface area contributed by atoms with Crippen molar-refractivity contribution in [3.05, 3.63) is 42.1 Å². The third-order valence-electron chi connectivity index (χ3n) is 4.01. The second-order valence-corrected chi connectivity index (χ2v) is 5.55. The smallest absolute Gasteiger partial charge is 0.306 e. The zero-order valence-corrected chi connectivity index (χ0v) is 12.0. The highest BCUT2D eigenvalue weighted by atomic mass is 16.4. The molecule has 1 saturated carbocycles. The zero-order valence-electron chi connectivity index (χ0n) is 12.0. The molecule has 0 unspecified atom stereocenters. The van der Waals surface area contributed by atoms with Gasteiger partial charge in [-0.15, -0.1) is 0 Å². The van der Waals surface area contributed by atoms with Gasteiger partial charge < -0.3 is 10.4 Å². The number of carbonyl (C=O) groups excluding carboxylic acids is 1. The van der Waals surface area contributed by atoms with Crippen molar-refractivity contribution < 1.29 is 14.7 Å². The van der Waals surface area contributed by atoms with Gasteiger partial charge in [0.25, 0.3) is 5.91 Å². The highest BCUT2D eigenvalue weighted by molar-refractivity contribution is 5.93. The average molecular weight is 299 g/mol. The third kappa shape index (κ3) is 3.00. The number of H-pyrrole nitrogens is 1. The Morgan fingerprint density at radius 3 is 2.68 bits per heavy atom. The molecule has 3 N–H and O–H groups in total. The van der Waals surface area contributed by atoms with Crippen molar-refractivity contribution in [1.82, 2.24) is 15.5 Å². The van der Waals surface area contributed by atoms with Gasteiger partial charge in [-0.25, -0.2) is 0 Å². The topological polar surface area (TPSA) is 95.1 Å². The summed E-state index contributed by atoms with van der Waals surface area (Å²) in [5.41, 5.74) is 2.03. The van der Waals surface area contributed by atoms with Crippen LogP contribution >= 0.6 is 0 Å². The molecule has 2 aromatic rings. The summed E-state index contributed by atoms with van der Waals surface area (Å²) in [5, 5.41) is 18.7. The summed E-state index contributed by atoms with van der Waals surface area (Å²) >= 11 is 0. The van der Waals surface area contributed by atoms with Gasteiger partial charge in [0.05, 0.1) is 11.6 Å². The van der Waals surface area contributed by atoms with Crippen LogP contribution in [-0.4, -0.2) is 33.2 Å². The predicted molar refractivity (Wildman–Crippen MR) is 80.3 cm³/mol. The summed E-state index contributed by atoms with van der Waals surface area (Å²) in [6.45, 7) is 0. The first-order valence-corrected chi connectivity index (χ1v) is 7.28. The van der Waals surface area contributed by atoms with E-state index in [-0.39, 0.29) is 17.9 Å². The number of carboxylic acid groups (broad SMARTS) is 1. The number of amides is 1. The maximum absolute atomic E-state index is 12.2. The van der Waals surface area contributed by atoms with Gasteiger partial charge in [-0.2, -0.15) is 5.10 Å². The molecule has 1 aliphatic carbocycles. The number of nitrogens with one attached hydrogen (secondary N) is 2. The minimum Gasteiger partial charge on any atom is -0.481 e. The average Bonchev–Trinajstić information content (AvgIpc) is 3.17. The van der Waals surface area contributed by atoms with E-state index in [0.29, 0.717) is 30.7 Å². The summed E-state index contributed by atoms with van der Waals surface area (Å²) in [6.07, 6.45) is 1.79. The van der Waals surface area contributed by atoms with E-state index in [9.17, 15) is 9.59 Å². The SMILES string of the molecule is O=C(N[C@H]1CC[C@@H](C(=O)O)C1)c1cc(-c2ccccc2)n[nH]1. The van der Waals surface area contributed by atoms with Crippen LogP contribution < -0.4 is 5.32 Å². The maximum Gasteiger partial charge on any atom is 0.306 e. The van der Waals surface area contributed by atoms with Gasteiger partial charge in [0.1, 0.15) is 5.69 Å². The monoisotopic (exact) mass is 299 g/mol. The van der Waals surface area contributed by atoms with Crippen molar-refractivity contribution in [2.24, 2.45) is 5.92 Å². The van der Waals surface area contributed by atoms with Crippen molar-refractivity contribution in [3.8, 4) is 11.3 Å². The van der Waals surface area contributed by atoms with E-state index in [4.69, 9.17) is 5.11 Å².